The zero-order valence-corrected chi connectivity index (χ0v) is 11.3. The van der Waals surface area contributed by atoms with Crippen LogP contribution in [0.15, 0.2) is 18.2 Å². The summed E-state index contributed by atoms with van der Waals surface area (Å²) in [5.41, 5.74) is 2.13. The van der Waals surface area contributed by atoms with Crippen LogP contribution in [0.3, 0.4) is 0 Å². The zero-order chi connectivity index (χ0) is 13.1. The Morgan fingerprint density at radius 3 is 2.67 bits per heavy atom. The van der Waals surface area contributed by atoms with Crippen LogP contribution in [0.25, 0.3) is 0 Å². The van der Waals surface area contributed by atoms with Crippen molar-refractivity contribution in [3.05, 3.63) is 34.3 Å². The molecule has 0 bridgehead atoms. The van der Waals surface area contributed by atoms with Crippen molar-refractivity contribution in [2.45, 2.75) is 32.2 Å². The first-order chi connectivity index (χ1) is 8.58. The number of nitrogens with zero attached hydrogens (tertiary/aromatic N) is 1. The van der Waals surface area contributed by atoms with Crippen molar-refractivity contribution in [1.82, 2.24) is 4.90 Å². The highest BCUT2D eigenvalue weighted by Gasteiger charge is 2.28. The van der Waals surface area contributed by atoms with Crippen LogP contribution in [0.4, 0.5) is 0 Å². The van der Waals surface area contributed by atoms with Gasteiger partial charge in [-0.15, -0.1) is 0 Å². The summed E-state index contributed by atoms with van der Waals surface area (Å²) in [5, 5.41) is 10.1. The molecule has 1 saturated heterocycles. The summed E-state index contributed by atoms with van der Waals surface area (Å²) in [6.07, 6.45) is 2.76. The number of carboxylic acid groups (broad SMARTS) is 1. The van der Waals surface area contributed by atoms with Crippen molar-refractivity contribution in [1.29, 1.82) is 0 Å². The van der Waals surface area contributed by atoms with Gasteiger partial charge in [0.2, 0.25) is 0 Å². The molecular weight excluding hydrogens is 250 g/mol. The molecule has 18 heavy (non-hydrogen) atoms. The number of hydrogen-bond donors (Lipinski definition) is 1. The van der Waals surface area contributed by atoms with Gasteiger partial charge in [0.15, 0.2) is 0 Å². The molecule has 1 aliphatic heterocycles. The number of halogens is 1. The van der Waals surface area contributed by atoms with Gasteiger partial charge in [-0.3, -0.25) is 9.69 Å². The van der Waals surface area contributed by atoms with E-state index in [1.807, 2.05) is 25.1 Å². The average molecular weight is 268 g/mol. The van der Waals surface area contributed by atoms with Crippen molar-refractivity contribution in [2.75, 3.05) is 13.1 Å². The fraction of sp³-hybridized carbons (Fsp3) is 0.500. The lowest BCUT2D eigenvalue weighted by Crippen LogP contribution is -2.41. The third-order valence-electron chi connectivity index (χ3n) is 3.58. The van der Waals surface area contributed by atoms with Crippen LogP contribution < -0.4 is 0 Å². The summed E-state index contributed by atoms with van der Waals surface area (Å²) in [5.74, 6) is -0.730. The third-order valence-corrected chi connectivity index (χ3v) is 3.82. The second kappa shape index (κ2) is 5.72. The van der Waals surface area contributed by atoms with E-state index in [-0.39, 0.29) is 0 Å². The highest BCUT2D eigenvalue weighted by molar-refractivity contribution is 6.30. The van der Waals surface area contributed by atoms with Gasteiger partial charge in [-0.1, -0.05) is 17.7 Å². The van der Waals surface area contributed by atoms with Gasteiger partial charge in [0.25, 0.3) is 0 Å². The summed E-state index contributed by atoms with van der Waals surface area (Å²) in [4.78, 5) is 13.5. The molecule has 0 unspecified atom stereocenters. The van der Waals surface area contributed by atoms with Crippen LogP contribution in [0, 0.1) is 6.92 Å². The lowest BCUT2D eigenvalue weighted by Gasteiger charge is -2.24. The Kier molecular flexibility index (Phi) is 4.25. The first kappa shape index (κ1) is 13.4. The summed E-state index contributed by atoms with van der Waals surface area (Å²) in [6.45, 7) is 3.76. The van der Waals surface area contributed by atoms with Crippen LogP contribution >= 0.6 is 11.6 Å². The minimum absolute atomic E-state index is 0.410. The Labute approximate surface area is 112 Å². The topological polar surface area (TPSA) is 40.5 Å². The molecule has 4 heteroatoms. The quantitative estimate of drug-likeness (QED) is 0.912. The van der Waals surface area contributed by atoms with E-state index < -0.39 is 12.0 Å². The Morgan fingerprint density at radius 2 is 2.11 bits per heavy atom. The minimum atomic E-state index is -0.730. The Bertz CT molecular complexity index is 441. The molecule has 1 aromatic rings. The molecule has 0 saturated carbocycles. The van der Waals surface area contributed by atoms with Crippen molar-refractivity contribution in [2.24, 2.45) is 0 Å². The molecule has 3 nitrogen and oxygen atoms in total. The van der Waals surface area contributed by atoms with Gasteiger partial charge in [-0.2, -0.15) is 0 Å². The number of aliphatic carboxylic acids is 1. The van der Waals surface area contributed by atoms with Crippen molar-refractivity contribution < 1.29 is 9.90 Å². The minimum Gasteiger partial charge on any atom is -0.480 e. The van der Waals surface area contributed by atoms with Gasteiger partial charge in [0.05, 0.1) is 0 Å². The van der Waals surface area contributed by atoms with Gasteiger partial charge < -0.3 is 5.11 Å². The predicted molar refractivity (Wildman–Crippen MR) is 72.1 cm³/mol. The molecule has 1 fully saturated rings. The van der Waals surface area contributed by atoms with Crippen LogP contribution in [0.2, 0.25) is 5.02 Å². The normalized spacial score (nSPS) is 17.9. The molecule has 98 valence electrons. The smallest absolute Gasteiger partial charge is 0.321 e. The predicted octanol–water partition coefficient (Wildman–Crippen LogP) is 2.74. The van der Waals surface area contributed by atoms with Crippen molar-refractivity contribution in [3.63, 3.8) is 0 Å². The molecular formula is C14H18ClNO2. The molecule has 0 aromatic heterocycles. The van der Waals surface area contributed by atoms with Crippen molar-refractivity contribution >= 4 is 17.6 Å². The molecule has 0 amide bonds. The first-order valence-electron chi connectivity index (χ1n) is 6.30. The second-order valence-electron chi connectivity index (χ2n) is 4.87. The number of benzene rings is 1. The number of aryl methyl sites for hydroxylation is 1. The van der Waals surface area contributed by atoms with Crippen LogP contribution in [0.5, 0.6) is 0 Å². The van der Waals surface area contributed by atoms with E-state index >= 15 is 0 Å². The number of carboxylic acids is 1. The highest BCUT2D eigenvalue weighted by atomic mass is 35.5. The number of likely N-dealkylation sites (tertiary alicyclic amines) is 1. The second-order valence-corrected chi connectivity index (χ2v) is 5.31. The molecule has 2 rings (SSSR count). The van der Waals surface area contributed by atoms with E-state index in [0.717, 1.165) is 37.1 Å². The fourth-order valence-corrected chi connectivity index (χ4v) is 2.75. The van der Waals surface area contributed by atoms with Gasteiger partial charge >= 0.3 is 5.97 Å². The number of hydrogen-bond acceptors (Lipinski definition) is 2. The maximum atomic E-state index is 11.4. The summed E-state index contributed by atoms with van der Waals surface area (Å²) in [7, 11) is 0. The lowest BCUT2D eigenvalue weighted by molar-refractivity contribution is -0.142. The van der Waals surface area contributed by atoms with Crippen LogP contribution in [0.1, 0.15) is 24.0 Å². The molecule has 0 radical (unpaired) electrons. The van der Waals surface area contributed by atoms with E-state index in [4.69, 9.17) is 11.6 Å². The van der Waals surface area contributed by atoms with E-state index in [0.29, 0.717) is 11.4 Å². The van der Waals surface area contributed by atoms with Crippen LogP contribution in [-0.4, -0.2) is 35.1 Å². The molecule has 1 aromatic carbocycles. The van der Waals surface area contributed by atoms with Crippen LogP contribution in [-0.2, 0) is 11.2 Å². The maximum Gasteiger partial charge on any atom is 0.321 e. The van der Waals surface area contributed by atoms with E-state index in [9.17, 15) is 9.90 Å². The monoisotopic (exact) mass is 267 g/mol. The molecule has 0 aliphatic carbocycles. The van der Waals surface area contributed by atoms with E-state index in [1.165, 1.54) is 0 Å². The Morgan fingerprint density at radius 1 is 1.44 bits per heavy atom. The summed E-state index contributed by atoms with van der Waals surface area (Å²) in [6, 6.07) is 5.24. The zero-order valence-electron chi connectivity index (χ0n) is 10.5. The lowest BCUT2D eigenvalue weighted by atomic mass is 10.0. The van der Waals surface area contributed by atoms with Gasteiger partial charge in [-0.25, -0.2) is 0 Å². The molecule has 1 heterocycles. The van der Waals surface area contributed by atoms with Gasteiger partial charge in [0, 0.05) is 5.02 Å². The highest BCUT2D eigenvalue weighted by Crippen LogP contribution is 2.20. The summed E-state index contributed by atoms with van der Waals surface area (Å²) < 4.78 is 0. The molecule has 1 atom stereocenters. The number of rotatable bonds is 4. The SMILES string of the molecule is Cc1cc(Cl)ccc1C[C@H](C(=O)O)N1CCCC1. The maximum absolute atomic E-state index is 11.4. The molecule has 1 N–H and O–H groups in total. The number of carbonyl (C=O) groups is 1. The largest absolute Gasteiger partial charge is 0.480 e. The van der Waals surface area contributed by atoms with E-state index in [2.05, 4.69) is 4.90 Å². The third kappa shape index (κ3) is 3.03. The van der Waals surface area contributed by atoms with Gasteiger partial charge in [0.1, 0.15) is 6.04 Å². The Hall–Kier alpha value is -1.06. The molecule has 0 spiro atoms. The van der Waals surface area contributed by atoms with Crippen molar-refractivity contribution in [3.8, 4) is 0 Å². The molecule has 1 aliphatic rings. The fourth-order valence-electron chi connectivity index (χ4n) is 2.52. The average Bonchev–Trinajstić information content (AvgIpc) is 2.80. The first-order valence-corrected chi connectivity index (χ1v) is 6.67. The Balaban J connectivity index is 2.15. The van der Waals surface area contributed by atoms with Gasteiger partial charge in [-0.05, 0) is 62.5 Å². The summed E-state index contributed by atoms with van der Waals surface area (Å²) >= 11 is 5.92. The van der Waals surface area contributed by atoms with E-state index in [1.54, 1.807) is 0 Å². The standard InChI is InChI=1S/C14H18ClNO2/c1-10-8-12(15)5-4-11(10)9-13(14(17)18)16-6-2-3-7-16/h4-5,8,13H,2-3,6-7,9H2,1H3,(H,17,18)/t13-/m1/s1.